The predicted octanol–water partition coefficient (Wildman–Crippen LogP) is 2.79. The van der Waals surface area contributed by atoms with Crippen LogP contribution in [0.5, 0.6) is 5.75 Å². The number of alkyl carbamates (subject to hydrolysis) is 1. The molecule has 2 aromatic carbocycles. The summed E-state index contributed by atoms with van der Waals surface area (Å²) in [7, 11) is 0. The number of halogens is 1. The molecule has 3 amide bonds. The van der Waals surface area contributed by atoms with E-state index in [9.17, 15) is 59.4 Å². The van der Waals surface area contributed by atoms with Gasteiger partial charge in [-0.1, -0.05) is 71.8 Å². The molecule has 7 aliphatic carbocycles. The maximum atomic E-state index is 14.0. The van der Waals surface area contributed by atoms with E-state index in [0.29, 0.717) is 12.0 Å². The van der Waals surface area contributed by atoms with Crippen LogP contribution >= 0.6 is 15.9 Å². The molecule has 2 bridgehead atoms. The van der Waals surface area contributed by atoms with Crippen LogP contribution in [0.4, 0.5) is 10.5 Å². The average molecular weight is 1090 g/mol. The number of carbonyl (C=O) groups excluding carboxylic acids is 5. The SMILES string of the molecule is C[C@]12C=CC(=O)C=C1CC[C@@H]1[C@@H]2[C@@H](O)C[C@@]2(C)[C@H]1C[C@H]1O[C@@H](c3ccc(CC45CC(NC(=O)OCc6ccc(O[C@@H]7O[C@H](C(=O)O)[C@@H](O)[C@H](O)[C@H]7O)c(NC(=O)CCNC(=O)CBr)c6)(C4)C5)cc3)O[C@]12C(=O)CO. The molecule has 9 N–H and O–H groups in total. The Hall–Kier alpha value is -5.10. The van der Waals surface area contributed by atoms with Crippen molar-refractivity contribution in [3.05, 3.63) is 83.0 Å². The molecule has 0 unspecified atom stereocenters. The van der Waals surface area contributed by atoms with Gasteiger partial charge < -0.3 is 70.3 Å². The number of aliphatic carboxylic acids is 1. The zero-order chi connectivity index (χ0) is 52.7. The molecule has 0 radical (unpaired) electrons. The van der Waals surface area contributed by atoms with E-state index in [1.165, 1.54) is 18.2 Å². The highest BCUT2D eigenvalue weighted by molar-refractivity contribution is 9.09. The van der Waals surface area contributed by atoms with Crippen molar-refractivity contribution in [3.63, 3.8) is 0 Å². The molecule has 2 aromatic rings. The summed E-state index contributed by atoms with van der Waals surface area (Å²) in [6.07, 6.45) is -1.96. The number of allylic oxidation sites excluding steroid dienone is 4. The number of amides is 3. The van der Waals surface area contributed by atoms with Crippen LogP contribution < -0.4 is 20.7 Å². The minimum atomic E-state index is -1.95. The van der Waals surface area contributed by atoms with Crippen molar-refractivity contribution >= 4 is 57.1 Å². The van der Waals surface area contributed by atoms with Crippen LogP contribution in [0.2, 0.25) is 0 Å². The molecule has 2 aliphatic heterocycles. The minimum Gasteiger partial charge on any atom is -0.479 e. The number of Topliss-reactive ketones (excluding diaryl/α,β-unsaturated/α-hetero) is 1. The number of rotatable bonds is 16. The van der Waals surface area contributed by atoms with Gasteiger partial charge >= 0.3 is 12.1 Å². The number of hydrogen-bond acceptors (Lipinski definition) is 16. The standard InChI is InChI=1S/C53H62BrN3O17/c1-49-13-11-30(59)16-29(49)8-9-31-32-17-37-53(36(61)21-58,50(32,2)19-34(60)40(31)49)74-46(72-37)28-6-3-26(4-7-28)18-51-23-52(24-51,25-51)57-48(69)70-22-27-5-10-35(33(15-27)56-38(62)12-14-55-39(63)20-54)71-47-43(66)41(64)42(65)44(73-47)45(67)68/h3-7,10-11,13,15-16,31-32,34,37,40-44,46-47,58,60,64-66H,8-9,12,14,17-25H2,1-2H3,(H,55,63)(H,56,62)(H,57,69)(H,67,68)/t31-,32-,34-,37+,40+,41-,42-,43+,44-,46+,47+,49-,50-,51?,52?,53+/m0/s1. The van der Waals surface area contributed by atoms with Crippen LogP contribution in [-0.4, -0.2) is 139 Å². The maximum Gasteiger partial charge on any atom is 0.407 e. The number of benzene rings is 2. The first-order valence-electron chi connectivity index (χ1n) is 25.1. The first-order valence-corrected chi connectivity index (χ1v) is 26.3. The first-order chi connectivity index (χ1) is 35.2. The number of fused-ring (bicyclic) bond motifs is 7. The fourth-order valence-corrected chi connectivity index (χ4v) is 14.7. The van der Waals surface area contributed by atoms with Crippen molar-refractivity contribution in [2.45, 2.75) is 139 Å². The van der Waals surface area contributed by atoms with E-state index >= 15 is 0 Å². The maximum absolute atomic E-state index is 14.0. The van der Waals surface area contributed by atoms with Gasteiger partial charge in [-0.3, -0.25) is 19.2 Å². The molecule has 8 fully saturated rings. The molecule has 74 heavy (non-hydrogen) atoms. The van der Waals surface area contributed by atoms with Crippen molar-refractivity contribution in [2.24, 2.45) is 34.0 Å². The Morgan fingerprint density at radius 1 is 0.919 bits per heavy atom. The minimum absolute atomic E-state index is 0.00216. The number of aliphatic hydroxyl groups excluding tert-OH is 5. The average Bonchev–Trinajstić information content (AvgIpc) is 3.85. The smallest absolute Gasteiger partial charge is 0.407 e. The molecular weight excluding hydrogens is 1030 g/mol. The van der Waals surface area contributed by atoms with E-state index < -0.39 is 102 Å². The first kappa shape index (κ1) is 52.3. The molecule has 6 saturated carbocycles. The second-order valence-corrected chi connectivity index (χ2v) is 22.8. The molecule has 9 aliphatic rings. The van der Waals surface area contributed by atoms with Crippen molar-refractivity contribution < 1.29 is 83.1 Å². The summed E-state index contributed by atoms with van der Waals surface area (Å²) in [6, 6.07) is 12.2. The Morgan fingerprint density at radius 3 is 2.35 bits per heavy atom. The largest absolute Gasteiger partial charge is 0.479 e. The number of ketones is 2. The van der Waals surface area contributed by atoms with E-state index in [2.05, 4.69) is 38.8 Å². The third-order valence-corrected chi connectivity index (χ3v) is 18.2. The lowest BCUT2D eigenvalue weighted by Gasteiger charge is -2.70. The van der Waals surface area contributed by atoms with Crippen LogP contribution in [-0.2, 0) is 55.9 Å². The van der Waals surface area contributed by atoms with Gasteiger partial charge in [-0.15, -0.1) is 0 Å². The summed E-state index contributed by atoms with van der Waals surface area (Å²) in [5, 5.41) is 71.1. The Morgan fingerprint density at radius 2 is 1.65 bits per heavy atom. The Kier molecular flexibility index (Phi) is 13.8. The summed E-state index contributed by atoms with van der Waals surface area (Å²) in [5.74, 6) is -3.20. The van der Waals surface area contributed by atoms with Crippen LogP contribution in [0.15, 0.2) is 66.3 Å². The van der Waals surface area contributed by atoms with Gasteiger partial charge in [0.1, 0.15) is 37.3 Å². The number of carbonyl (C=O) groups is 6. The molecule has 2 saturated heterocycles. The number of hydrogen-bond donors (Lipinski definition) is 9. The number of aliphatic hydroxyl groups is 5. The van der Waals surface area contributed by atoms with Gasteiger partial charge in [0, 0.05) is 40.8 Å². The van der Waals surface area contributed by atoms with Crippen molar-refractivity contribution in [1.29, 1.82) is 0 Å². The summed E-state index contributed by atoms with van der Waals surface area (Å²) >= 11 is 3.03. The third kappa shape index (κ3) is 8.88. The van der Waals surface area contributed by atoms with E-state index in [1.54, 1.807) is 12.2 Å². The van der Waals surface area contributed by atoms with Gasteiger partial charge in [0.2, 0.25) is 18.1 Å². The van der Waals surface area contributed by atoms with Crippen molar-refractivity contribution in [3.8, 4) is 5.75 Å². The van der Waals surface area contributed by atoms with Gasteiger partial charge in [0.25, 0.3) is 0 Å². The number of ether oxygens (including phenoxy) is 5. The van der Waals surface area contributed by atoms with E-state index in [1.807, 2.05) is 37.3 Å². The molecule has 0 spiro atoms. The highest BCUT2D eigenvalue weighted by Gasteiger charge is 2.76. The topological polar surface area (TPSA) is 306 Å². The summed E-state index contributed by atoms with van der Waals surface area (Å²) < 4.78 is 30.0. The highest BCUT2D eigenvalue weighted by Crippen LogP contribution is 2.71. The fourth-order valence-electron chi connectivity index (χ4n) is 14.5. The number of nitrogens with one attached hydrogen (secondary N) is 3. The van der Waals surface area contributed by atoms with Crippen LogP contribution in [0.1, 0.15) is 88.2 Å². The monoisotopic (exact) mass is 1090 g/mol. The number of alkyl halides is 1. The number of anilines is 1. The molecule has 398 valence electrons. The summed E-state index contributed by atoms with van der Waals surface area (Å²) in [5.41, 5.74) is 0.0944. The lowest BCUT2D eigenvalue weighted by Crippen LogP contribution is -2.75. The lowest BCUT2D eigenvalue weighted by atomic mass is 9.38. The lowest BCUT2D eigenvalue weighted by molar-refractivity contribution is -0.271. The molecule has 2 heterocycles. The second kappa shape index (κ2) is 19.5. The van der Waals surface area contributed by atoms with Gasteiger partial charge in [-0.25, -0.2) is 9.59 Å². The second-order valence-electron chi connectivity index (χ2n) is 22.2. The third-order valence-electron chi connectivity index (χ3n) is 17.7. The Bertz CT molecular complexity index is 2660. The van der Waals surface area contributed by atoms with Crippen LogP contribution in [0.25, 0.3) is 0 Å². The molecular formula is C53H62BrN3O17. The number of carboxylic acid groups (broad SMARTS) is 1. The predicted molar refractivity (Wildman–Crippen MR) is 261 cm³/mol. The zero-order valence-electron chi connectivity index (χ0n) is 40.9. The van der Waals surface area contributed by atoms with Crippen LogP contribution in [0.3, 0.4) is 0 Å². The van der Waals surface area contributed by atoms with E-state index in [-0.39, 0.29) is 77.6 Å². The quantitative estimate of drug-likeness (QED) is 0.109. The Balaban J connectivity index is 0.739. The Labute approximate surface area is 434 Å². The van der Waals surface area contributed by atoms with Gasteiger partial charge in [-0.05, 0) is 104 Å². The zero-order valence-corrected chi connectivity index (χ0v) is 42.5. The highest BCUT2D eigenvalue weighted by atomic mass is 79.9. The molecule has 11 rings (SSSR count). The summed E-state index contributed by atoms with van der Waals surface area (Å²) in [4.78, 5) is 75.7. The van der Waals surface area contributed by atoms with Crippen molar-refractivity contribution in [1.82, 2.24) is 10.6 Å². The molecule has 14 atom stereocenters. The normalized spacial score (nSPS) is 39.1. The van der Waals surface area contributed by atoms with Crippen LogP contribution in [0, 0.1) is 34.0 Å². The summed E-state index contributed by atoms with van der Waals surface area (Å²) in [6.45, 7) is 3.17. The molecule has 0 aromatic heterocycles. The molecule has 21 heteroatoms. The van der Waals surface area contributed by atoms with Gasteiger partial charge in [0.05, 0.1) is 23.2 Å². The van der Waals surface area contributed by atoms with Gasteiger partial charge in [0.15, 0.2) is 29.6 Å². The van der Waals surface area contributed by atoms with E-state index in [0.717, 1.165) is 55.2 Å². The van der Waals surface area contributed by atoms with Gasteiger partial charge in [-0.2, -0.15) is 0 Å². The number of carboxylic acids is 1. The fraction of sp³-hybridized carbons (Fsp3) is 0.585. The van der Waals surface area contributed by atoms with E-state index in [4.69, 9.17) is 23.7 Å². The molecule has 20 nitrogen and oxygen atoms in total. The van der Waals surface area contributed by atoms with Crippen molar-refractivity contribution in [2.75, 3.05) is 23.8 Å².